The third kappa shape index (κ3) is 3.27. The fourth-order valence-electron chi connectivity index (χ4n) is 1.79. The van der Waals surface area contributed by atoms with E-state index >= 15 is 0 Å². The molecule has 2 heterocycles. The van der Waals surface area contributed by atoms with Crippen molar-refractivity contribution in [3.05, 3.63) is 56.8 Å². The predicted octanol–water partition coefficient (Wildman–Crippen LogP) is 0.686. The summed E-state index contributed by atoms with van der Waals surface area (Å²) in [6.07, 6.45) is 3.15. The molecule has 0 spiro atoms. The van der Waals surface area contributed by atoms with E-state index in [0.29, 0.717) is 18.3 Å². The normalized spacial score (nSPS) is 11.2. The summed E-state index contributed by atoms with van der Waals surface area (Å²) in [5.74, 6) is 1.46. The molecule has 6 nitrogen and oxygen atoms in total. The Hall–Kier alpha value is -2.08. The van der Waals surface area contributed by atoms with E-state index in [1.54, 1.807) is 19.4 Å². The zero-order chi connectivity index (χ0) is 14.7. The molecular formula is C14H19N3O3. The number of nitrogens with zero attached hydrogens (tertiary/aromatic N) is 2. The van der Waals surface area contributed by atoms with Crippen LogP contribution in [0.1, 0.15) is 25.4 Å². The van der Waals surface area contributed by atoms with Gasteiger partial charge >= 0.3 is 11.1 Å². The van der Waals surface area contributed by atoms with Crippen molar-refractivity contribution >= 4 is 0 Å². The van der Waals surface area contributed by atoms with Crippen LogP contribution in [0.15, 0.2) is 38.5 Å². The molecule has 0 fully saturated rings. The van der Waals surface area contributed by atoms with Crippen LogP contribution in [-0.4, -0.2) is 15.2 Å². The molecule has 0 bridgehead atoms. The summed E-state index contributed by atoms with van der Waals surface area (Å²) in [5.41, 5.74) is -1.09. The largest absolute Gasteiger partial charge is 0.463 e. The van der Waals surface area contributed by atoms with Crippen molar-refractivity contribution in [2.75, 3.05) is 0 Å². The first-order valence-electron chi connectivity index (χ1n) is 6.54. The molecule has 0 aliphatic heterocycles. The highest BCUT2D eigenvalue weighted by Gasteiger charge is 2.07. The first-order chi connectivity index (χ1) is 9.47. The smallest absolute Gasteiger partial charge is 0.316 e. The number of hydrogen-bond acceptors (Lipinski definition) is 4. The number of furan rings is 1. The van der Waals surface area contributed by atoms with Gasteiger partial charge in [-0.3, -0.25) is 9.59 Å². The number of nitrogens with one attached hydrogen (secondary N) is 1. The maximum atomic E-state index is 11.8. The summed E-state index contributed by atoms with van der Waals surface area (Å²) in [4.78, 5) is 23.3. The van der Waals surface area contributed by atoms with Gasteiger partial charge in [0.25, 0.3) is 0 Å². The average Bonchev–Trinajstić information content (AvgIpc) is 2.85. The summed E-state index contributed by atoms with van der Waals surface area (Å²) >= 11 is 0. The van der Waals surface area contributed by atoms with Crippen molar-refractivity contribution in [3.8, 4) is 0 Å². The van der Waals surface area contributed by atoms with Crippen LogP contribution in [0.2, 0.25) is 0 Å². The molecule has 108 valence electrons. The lowest BCUT2D eigenvalue weighted by Crippen LogP contribution is -2.39. The molecule has 1 N–H and O–H groups in total. The van der Waals surface area contributed by atoms with Crippen molar-refractivity contribution in [1.82, 2.24) is 14.5 Å². The van der Waals surface area contributed by atoms with Crippen molar-refractivity contribution in [1.29, 1.82) is 0 Å². The van der Waals surface area contributed by atoms with E-state index in [4.69, 9.17) is 4.42 Å². The lowest BCUT2D eigenvalue weighted by Gasteiger charge is -2.06. The molecule has 2 aromatic rings. The van der Waals surface area contributed by atoms with E-state index in [1.807, 2.05) is 12.1 Å². The highest BCUT2D eigenvalue weighted by molar-refractivity contribution is 5.08. The van der Waals surface area contributed by atoms with E-state index in [1.165, 1.54) is 9.13 Å². The molecule has 0 aliphatic rings. The van der Waals surface area contributed by atoms with Gasteiger partial charge in [-0.15, -0.1) is 0 Å². The standard InChI is InChI=1S/C14H19N3O3/c1-10(2)15-8-11-4-5-12(20-11)9-17-7-6-16(3)13(18)14(17)19/h4-7,10,15H,8-9H2,1-3H3. The fraction of sp³-hybridized carbons (Fsp3) is 0.429. The molecule has 0 atom stereocenters. The second kappa shape index (κ2) is 5.92. The molecule has 20 heavy (non-hydrogen) atoms. The molecule has 0 radical (unpaired) electrons. The third-order valence-electron chi connectivity index (χ3n) is 2.96. The predicted molar refractivity (Wildman–Crippen MR) is 75.7 cm³/mol. The zero-order valence-electron chi connectivity index (χ0n) is 11.9. The second-order valence-corrected chi connectivity index (χ2v) is 5.05. The van der Waals surface area contributed by atoms with Gasteiger partial charge in [0.1, 0.15) is 11.5 Å². The first kappa shape index (κ1) is 14.3. The van der Waals surface area contributed by atoms with Crippen molar-refractivity contribution in [2.45, 2.75) is 33.0 Å². The van der Waals surface area contributed by atoms with Crippen LogP contribution in [-0.2, 0) is 20.1 Å². The summed E-state index contributed by atoms with van der Waals surface area (Å²) in [6, 6.07) is 4.07. The summed E-state index contributed by atoms with van der Waals surface area (Å²) in [7, 11) is 1.55. The summed E-state index contributed by atoms with van der Waals surface area (Å²) in [6.45, 7) is 5.02. The number of aromatic nitrogens is 2. The molecular weight excluding hydrogens is 258 g/mol. The molecule has 0 unspecified atom stereocenters. The quantitative estimate of drug-likeness (QED) is 0.816. The van der Waals surface area contributed by atoms with Gasteiger partial charge in [-0.05, 0) is 12.1 Å². The zero-order valence-corrected chi connectivity index (χ0v) is 11.9. The average molecular weight is 277 g/mol. The van der Waals surface area contributed by atoms with E-state index in [-0.39, 0.29) is 6.54 Å². The minimum Gasteiger partial charge on any atom is -0.463 e. The van der Waals surface area contributed by atoms with Crippen LogP contribution >= 0.6 is 0 Å². The molecule has 0 saturated carbocycles. The SMILES string of the molecule is CC(C)NCc1ccc(Cn2ccn(C)c(=O)c2=O)o1. The Kier molecular flexibility index (Phi) is 4.24. The van der Waals surface area contributed by atoms with Crippen LogP contribution < -0.4 is 16.4 Å². The Balaban J connectivity index is 2.13. The van der Waals surface area contributed by atoms with Gasteiger partial charge in [0.2, 0.25) is 0 Å². The number of aryl methyl sites for hydroxylation is 1. The first-order valence-corrected chi connectivity index (χ1v) is 6.54. The summed E-state index contributed by atoms with van der Waals surface area (Å²) < 4.78 is 8.24. The molecule has 0 amide bonds. The van der Waals surface area contributed by atoms with Gasteiger partial charge in [0.15, 0.2) is 0 Å². The minimum atomic E-state index is -0.548. The van der Waals surface area contributed by atoms with E-state index in [9.17, 15) is 9.59 Å². The molecule has 0 aliphatic carbocycles. The highest BCUT2D eigenvalue weighted by atomic mass is 16.3. The molecule has 2 aromatic heterocycles. The lowest BCUT2D eigenvalue weighted by molar-refractivity contribution is 0.425. The Morgan fingerprint density at radius 2 is 1.85 bits per heavy atom. The maximum Gasteiger partial charge on any atom is 0.316 e. The van der Waals surface area contributed by atoms with Crippen LogP contribution in [0.5, 0.6) is 0 Å². The number of rotatable bonds is 5. The van der Waals surface area contributed by atoms with Crippen LogP contribution in [0, 0.1) is 0 Å². The van der Waals surface area contributed by atoms with Crippen LogP contribution in [0.25, 0.3) is 0 Å². The second-order valence-electron chi connectivity index (χ2n) is 5.05. The fourth-order valence-corrected chi connectivity index (χ4v) is 1.79. The van der Waals surface area contributed by atoms with Gasteiger partial charge < -0.3 is 18.9 Å². The summed E-state index contributed by atoms with van der Waals surface area (Å²) in [5, 5.41) is 3.25. The molecule has 0 saturated heterocycles. The Labute approximate surface area is 116 Å². The Morgan fingerprint density at radius 1 is 1.15 bits per heavy atom. The van der Waals surface area contributed by atoms with E-state index in [0.717, 1.165) is 5.76 Å². The topological polar surface area (TPSA) is 69.2 Å². The molecule has 6 heteroatoms. The van der Waals surface area contributed by atoms with Gasteiger partial charge in [-0.1, -0.05) is 13.8 Å². The third-order valence-corrected chi connectivity index (χ3v) is 2.96. The van der Waals surface area contributed by atoms with Crippen molar-refractivity contribution in [2.24, 2.45) is 7.05 Å². The number of hydrogen-bond donors (Lipinski definition) is 1. The van der Waals surface area contributed by atoms with Gasteiger partial charge in [-0.2, -0.15) is 0 Å². The van der Waals surface area contributed by atoms with E-state index in [2.05, 4.69) is 19.2 Å². The van der Waals surface area contributed by atoms with Gasteiger partial charge in [0.05, 0.1) is 13.1 Å². The van der Waals surface area contributed by atoms with Gasteiger partial charge in [-0.25, -0.2) is 0 Å². The van der Waals surface area contributed by atoms with Crippen molar-refractivity contribution < 1.29 is 4.42 Å². The van der Waals surface area contributed by atoms with E-state index < -0.39 is 11.1 Å². The van der Waals surface area contributed by atoms with Crippen LogP contribution in [0.3, 0.4) is 0 Å². The van der Waals surface area contributed by atoms with Crippen LogP contribution in [0.4, 0.5) is 0 Å². The monoisotopic (exact) mass is 277 g/mol. The van der Waals surface area contributed by atoms with Crippen molar-refractivity contribution in [3.63, 3.8) is 0 Å². The maximum absolute atomic E-state index is 11.8. The minimum absolute atomic E-state index is 0.261. The highest BCUT2D eigenvalue weighted by Crippen LogP contribution is 2.08. The lowest BCUT2D eigenvalue weighted by atomic mass is 10.3. The molecule has 0 aromatic carbocycles. The van der Waals surface area contributed by atoms with Gasteiger partial charge in [0, 0.05) is 25.5 Å². The Bertz CT molecular complexity index is 694. The Morgan fingerprint density at radius 3 is 2.55 bits per heavy atom. The molecule has 2 rings (SSSR count).